The van der Waals surface area contributed by atoms with E-state index in [1.165, 1.54) is 4.90 Å². The van der Waals surface area contributed by atoms with Crippen LogP contribution in [-0.2, 0) is 30.5 Å². The molecule has 9 nitrogen and oxygen atoms in total. The van der Waals surface area contributed by atoms with Crippen LogP contribution in [0.1, 0.15) is 45.6 Å². The number of alkyl carbamates (subject to hydrolysis) is 1. The number of benzene rings is 1. The number of esters is 1. The number of amides is 2. The van der Waals surface area contributed by atoms with Gasteiger partial charge in [0, 0.05) is 6.54 Å². The van der Waals surface area contributed by atoms with Gasteiger partial charge in [0.05, 0.1) is 6.42 Å². The van der Waals surface area contributed by atoms with Crippen LogP contribution in [0.25, 0.3) is 0 Å². The molecular formula is C21H28N2O7. The third-order valence-electron chi connectivity index (χ3n) is 4.41. The van der Waals surface area contributed by atoms with Crippen LogP contribution in [0.4, 0.5) is 4.79 Å². The molecule has 30 heavy (non-hydrogen) atoms. The van der Waals surface area contributed by atoms with E-state index in [-0.39, 0.29) is 13.2 Å². The molecule has 0 saturated carbocycles. The highest BCUT2D eigenvalue weighted by Gasteiger charge is 2.39. The van der Waals surface area contributed by atoms with Gasteiger partial charge in [-0.05, 0) is 39.2 Å². The molecule has 164 valence electrons. The van der Waals surface area contributed by atoms with Crippen molar-refractivity contribution in [1.82, 2.24) is 10.2 Å². The number of carbonyl (C=O) groups excluding carboxylic acids is 3. The summed E-state index contributed by atoms with van der Waals surface area (Å²) in [5, 5.41) is 11.7. The van der Waals surface area contributed by atoms with Gasteiger partial charge in [0.1, 0.15) is 24.3 Å². The quantitative estimate of drug-likeness (QED) is 0.648. The summed E-state index contributed by atoms with van der Waals surface area (Å²) in [6.45, 7) is 5.28. The molecule has 2 amide bonds. The van der Waals surface area contributed by atoms with Crippen LogP contribution < -0.4 is 5.32 Å². The van der Waals surface area contributed by atoms with Crippen molar-refractivity contribution in [2.45, 2.75) is 64.3 Å². The molecule has 1 aromatic rings. The second kappa shape index (κ2) is 10.1. The van der Waals surface area contributed by atoms with Crippen molar-refractivity contribution < 1.29 is 33.8 Å². The lowest BCUT2D eigenvalue weighted by Crippen LogP contribution is -2.52. The van der Waals surface area contributed by atoms with E-state index in [0.717, 1.165) is 5.56 Å². The number of hydrogen-bond acceptors (Lipinski definition) is 6. The smallest absolute Gasteiger partial charge is 0.408 e. The van der Waals surface area contributed by atoms with Crippen LogP contribution >= 0.6 is 0 Å². The number of hydrogen-bond donors (Lipinski definition) is 2. The molecule has 1 heterocycles. The molecule has 1 aliphatic heterocycles. The number of nitrogens with zero attached hydrogens (tertiary/aromatic N) is 1. The van der Waals surface area contributed by atoms with Gasteiger partial charge in [-0.15, -0.1) is 0 Å². The zero-order chi connectivity index (χ0) is 22.3. The summed E-state index contributed by atoms with van der Waals surface area (Å²) in [4.78, 5) is 50.1. The van der Waals surface area contributed by atoms with E-state index in [9.17, 15) is 24.3 Å². The lowest BCUT2D eigenvalue weighted by Gasteiger charge is -2.27. The Labute approximate surface area is 175 Å². The average Bonchev–Trinajstić information content (AvgIpc) is 3.15. The predicted octanol–water partition coefficient (Wildman–Crippen LogP) is 2.09. The number of carboxylic acids is 1. The normalized spacial score (nSPS) is 17.2. The maximum Gasteiger partial charge on any atom is 0.408 e. The summed E-state index contributed by atoms with van der Waals surface area (Å²) in [6.07, 6.45) is -0.468. The number of ether oxygens (including phenoxy) is 2. The van der Waals surface area contributed by atoms with Gasteiger partial charge in [-0.3, -0.25) is 9.59 Å². The first-order chi connectivity index (χ1) is 14.1. The van der Waals surface area contributed by atoms with E-state index < -0.39 is 48.0 Å². The van der Waals surface area contributed by atoms with Gasteiger partial charge in [0.15, 0.2) is 0 Å². The minimum Gasteiger partial charge on any atom is -0.480 e. The average molecular weight is 420 g/mol. The molecule has 2 N–H and O–H groups in total. The Morgan fingerprint density at radius 2 is 1.87 bits per heavy atom. The van der Waals surface area contributed by atoms with Gasteiger partial charge in [-0.1, -0.05) is 30.3 Å². The summed E-state index contributed by atoms with van der Waals surface area (Å²) in [5.41, 5.74) is -0.0106. The Morgan fingerprint density at radius 3 is 2.47 bits per heavy atom. The first-order valence-electron chi connectivity index (χ1n) is 9.79. The van der Waals surface area contributed by atoms with Crippen LogP contribution in [0.5, 0.6) is 0 Å². The highest BCUT2D eigenvalue weighted by Crippen LogP contribution is 2.20. The maximum absolute atomic E-state index is 13.0. The molecule has 2 unspecified atom stereocenters. The van der Waals surface area contributed by atoms with E-state index in [0.29, 0.717) is 12.8 Å². The van der Waals surface area contributed by atoms with E-state index in [1.54, 1.807) is 45.0 Å². The van der Waals surface area contributed by atoms with Crippen LogP contribution in [0.15, 0.2) is 30.3 Å². The molecule has 1 aliphatic rings. The topological polar surface area (TPSA) is 122 Å². The van der Waals surface area contributed by atoms with Crippen molar-refractivity contribution in [3.05, 3.63) is 35.9 Å². The van der Waals surface area contributed by atoms with Crippen LogP contribution in [0.3, 0.4) is 0 Å². The fourth-order valence-electron chi connectivity index (χ4n) is 3.14. The third kappa shape index (κ3) is 7.06. The number of rotatable bonds is 7. The summed E-state index contributed by atoms with van der Waals surface area (Å²) in [5.74, 6) is -2.46. The second-order valence-electron chi connectivity index (χ2n) is 8.08. The highest BCUT2D eigenvalue weighted by molar-refractivity contribution is 5.92. The molecule has 2 rings (SSSR count). The Kier molecular flexibility index (Phi) is 7.79. The molecule has 9 heteroatoms. The zero-order valence-corrected chi connectivity index (χ0v) is 17.4. The van der Waals surface area contributed by atoms with Crippen molar-refractivity contribution >= 4 is 23.9 Å². The van der Waals surface area contributed by atoms with E-state index in [1.807, 2.05) is 6.07 Å². The van der Waals surface area contributed by atoms with Crippen molar-refractivity contribution in [3.63, 3.8) is 0 Å². The molecule has 2 atom stereocenters. The summed E-state index contributed by atoms with van der Waals surface area (Å²) in [6, 6.07) is 6.70. The number of nitrogens with one attached hydrogen (secondary N) is 1. The molecule has 1 saturated heterocycles. The van der Waals surface area contributed by atoms with Gasteiger partial charge in [-0.2, -0.15) is 0 Å². The highest BCUT2D eigenvalue weighted by atomic mass is 16.6. The molecule has 0 bridgehead atoms. The number of carbonyl (C=O) groups is 4. The minimum absolute atomic E-state index is 0.0124. The zero-order valence-electron chi connectivity index (χ0n) is 17.4. The van der Waals surface area contributed by atoms with Gasteiger partial charge in [-0.25, -0.2) is 9.59 Å². The Balaban J connectivity index is 2.07. The Hall–Kier alpha value is -3.10. The number of carboxylic acid groups (broad SMARTS) is 1. The third-order valence-corrected chi connectivity index (χ3v) is 4.41. The first kappa shape index (κ1) is 23.2. The fraction of sp³-hybridized carbons (Fsp3) is 0.524. The van der Waals surface area contributed by atoms with Crippen LogP contribution in [-0.4, -0.2) is 58.2 Å². The first-order valence-corrected chi connectivity index (χ1v) is 9.79. The lowest BCUT2D eigenvalue weighted by atomic mass is 10.1. The van der Waals surface area contributed by atoms with Crippen molar-refractivity contribution in [2.75, 3.05) is 6.54 Å². The maximum atomic E-state index is 13.0. The largest absolute Gasteiger partial charge is 0.480 e. The Bertz CT molecular complexity index is 773. The van der Waals surface area contributed by atoms with Crippen molar-refractivity contribution in [1.29, 1.82) is 0 Å². The molecular weight excluding hydrogens is 392 g/mol. The predicted molar refractivity (Wildman–Crippen MR) is 106 cm³/mol. The molecule has 0 radical (unpaired) electrons. The van der Waals surface area contributed by atoms with Crippen molar-refractivity contribution in [2.24, 2.45) is 0 Å². The summed E-state index contributed by atoms with van der Waals surface area (Å²) >= 11 is 0. The van der Waals surface area contributed by atoms with Crippen LogP contribution in [0, 0.1) is 0 Å². The lowest BCUT2D eigenvalue weighted by molar-refractivity contribution is -0.157. The Morgan fingerprint density at radius 1 is 1.20 bits per heavy atom. The number of aliphatic carboxylic acids is 1. The standard InChI is InChI=1S/C21H28N2O7/c1-21(2,3)30-17(24)12-15(18(25)23-11-7-10-16(23)19(26)27)22-20(28)29-13-14-8-5-4-6-9-14/h4-6,8-9,15-16H,7,10-13H2,1-3H3,(H,22,28)(H,26,27). The van der Waals surface area contributed by atoms with E-state index in [2.05, 4.69) is 5.32 Å². The molecule has 1 fully saturated rings. The van der Waals surface area contributed by atoms with Gasteiger partial charge < -0.3 is 24.8 Å². The minimum atomic E-state index is -1.29. The van der Waals surface area contributed by atoms with Gasteiger partial charge in [0.25, 0.3) is 0 Å². The molecule has 0 aromatic heterocycles. The fourth-order valence-corrected chi connectivity index (χ4v) is 3.14. The number of likely N-dealkylation sites (tertiary alicyclic amines) is 1. The monoisotopic (exact) mass is 420 g/mol. The SMILES string of the molecule is CC(C)(C)OC(=O)CC(NC(=O)OCc1ccccc1)C(=O)N1CCCC1C(=O)O. The second-order valence-corrected chi connectivity index (χ2v) is 8.08. The van der Waals surface area contributed by atoms with E-state index >= 15 is 0 Å². The molecule has 0 aliphatic carbocycles. The van der Waals surface area contributed by atoms with Gasteiger partial charge >= 0.3 is 18.0 Å². The van der Waals surface area contributed by atoms with Crippen molar-refractivity contribution in [3.8, 4) is 0 Å². The summed E-state index contributed by atoms with van der Waals surface area (Å²) in [7, 11) is 0. The van der Waals surface area contributed by atoms with E-state index in [4.69, 9.17) is 9.47 Å². The molecule has 0 spiro atoms. The van der Waals surface area contributed by atoms with Crippen LogP contribution in [0.2, 0.25) is 0 Å². The van der Waals surface area contributed by atoms with Gasteiger partial charge in [0.2, 0.25) is 5.91 Å². The molecule has 1 aromatic carbocycles. The summed E-state index contributed by atoms with van der Waals surface area (Å²) < 4.78 is 10.4.